The molecular weight excluding hydrogens is 338 g/mol. The second-order valence-corrected chi connectivity index (χ2v) is 5.74. The highest BCUT2D eigenvalue weighted by Crippen LogP contribution is 2.23. The monoisotopic (exact) mass is 357 g/mol. The summed E-state index contributed by atoms with van der Waals surface area (Å²) in [5, 5.41) is 0. The van der Waals surface area contributed by atoms with Gasteiger partial charge in [-0.3, -0.25) is 4.79 Å². The van der Waals surface area contributed by atoms with Crippen LogP contribution in [-0.4, -0.2) is 42.5 Å². The molecule has 0 saturated heterocycles. The van der Waals surface area contributed by atoms with E-state index in [-0.39, 0.29) is 5.91 Å². The summed E-state index contributed by atoms with van der Waals surface area (Å²) in [7, 11) is 1.89. The maximum Gasteiger partial charge on any atom is 0.242 e. The van der Waals surface area contributed by atoms with E-state index in [1.807, 2.05) is 48.9 Å². The minimum atomic E-state index is 0.118. The molecule has 0 saturated carbocycles. The van der Waals surface area contributed by atoms with Crippen molar-refractivity contribution >= 4 is 44.7 Å². The summed E-state index contributed by atoms with van der Waals surface area (Å²) in [5.74, 6) is 0.118. The molecule has 20 heavy (non-hydrogen) atoms. The fourth-order valence-corrected chi connectivity index (χ4v) is 2.80. The largest absolute Gasteiger partial charge is 0.389 e. The zero-order valence-electron chi connectivity index (χ0n) is 12.0. The summed E-state index contributed by atoms with van der Waals surface area (Å²) in [6, 6.07) is 5.69. The van der Waals surface area contributed by atoms with E-state index in [9.17, 15) is 4.79 Å². The third-order valence-electron chi connectivity index (χ3n) is 3.15. The number of amides is 1. The summed E-state index contributed by atoms with van der Waals surface area (Å²) >= 11 is 8.42. The standard InChI is InChI=1S/C14H20BrN3OS/c1-4-18(5-2)13(19)9-17(3)10-6-7-11(14(16)20)12(15)8-10/h6-8H,4-5,9H2,1-3H3,(H2,16,20). The van der Waals surface area contributed by atoms with Crippen molar-refractivity contribution in [1.82, 2.24) is 4.90 Å². The first-order valence-corrected chi connectivity index (χ1v) is 7.69. The van der Waals surface area contributed by atoms with E-state index >= 15 is 0 Å². The molecule has 1 rings (SSSR count). The molecule has 1 aromatic carbocycles. The van der Waals surface area contributed by atoms with Crippen LogP contribution >= 0.6 is 28.1 Å². The maximum atomic E-state index is 12.1. The highest BCUT2D eigenvalue weighted by Gasteiger charge is 2.14. The summed E-state index contributed by atoms with van der Waals surface area (Å²) in [5.41, 5.74) is 7.36. The van der Waals surface area contributed by atoms with Crippen molar-refractivity contribution in [3.05, 3.63) is 28.2 Å². The van der Waals surface area contributed by atoms with Crippen molar-refractivity contribution in [3.63, 3.8) is 0 Å². The molecule has 0 aromatic heterocycles. The Labute approximate surface area is 134 Å². The number of halogens is 1. The van der Waals surface area contributed by atoms with E-state index in [0.717, 1.165) is 28.8 Å². The van der Waals surface area contributed by atoms with Crippen molar-refractivity contribution in [2.75, 3.05) is 31.6 Å². The molecule has 0 spiro atoms. The average Bonchev–Trinajstić information content (AvgIpc) is 2.39. The molecule has 0 atom stereocenters. The minimum Gasteiger partial charge on any atom is -0.389 e. The molecule has 0 bridgehead atoms. The predicted molar refractivity (Wildman–Crippen MR) is 91.2 cm³/mol. The van der Waals surface area contributed by atoms with Crippen molar-refractivity contribution in [2.24, 2.45) is 5.73 Å². The van der Waals surface area contributed by atoms with Crippen LogP contribution in [0.2, 0.25) is 0 Å². The normalized spacial score (nSPS) is 10.2. The first-order valence-electron chi connectivity index (χ1n) is 6.48. The Bertz CT molecular complexity index is 503. The number of benzene rings is 1. The van der Waals surface area contributed by atoms with Gasteiger partial charge in [-0.1, -0.05) is 12.2 Å². The number of carbonyl (C=O) groups excluding carboxylic acids is 1. The Hall–Kier alpha value is -1.14. The zero-order valence-corrected chi connectivity index (χ0v) is 14.4. The van der Waals surface area contributed by atoms with E-state index in [1.54, 1.807) is 0 Å². The molecule has 0 aliphatic carbocycles. The number of nitrogens with zero attached hydrogens (tertiary/aromatic N) is 2. The van der Waals surface area contributed by atoms with Crippen LogP contribution < -0.4 is 10.6 Å². The Morgan fingerprint density at radius 3 is 2.40 bits per heavy atom. The quantitative estimate of drug-likeness (QED) is 0.794. The molecule has 1 aromatic rings. The molecule has 0 heterocycles. The molecule has 0 fully saturated rings. The maximum absolute atomic E-state index is 12.1. The second kappa shape index (κ2) is 7.59. The van der Waals surface area contributed by atoms with Gasteiger partial charge >= 0.3 is 0 Å². The number of anilines is 1. The number of likely N-dealkylation sites (N-methyl/N-ethyl adjacent to an activating group) is 2. The van der Waals surface area contributed by atoms with Gasteiger partial charge < -0.3 is 15.5 Å². The van der Waals surface area contributed by atoms with Gasteiger partial charge in [-0.15, -0.1) is 0 Å². The van der Waals surface area contributed by atoms with E-state index in [1.165, 1.54) is 0 Å². The molecule has 2 N–H and O–H groups in total. The fraction of sp³-hybridized carbons (Fsp3) is 0.429. The molecule has 0 unspecified atom stereocenters. The smallest absolute Gasteiger partial charge is 0.242 e. The Kier molecular flexibility index (Phi) is 6.42. The number of carbonyl (C=O) groups is 1. The molecule has 0 aliphatic rings. The van der Waals surface area contributed by atoms with E-state index in [2.05, 4.69) is 15.9 Å². The van der Waals surface area contributed by atoms with Crippen LogP contribution in [0.4, 0.5) is 5.69 Å². The van der Waals surface area contributed by atoms with E-state index in [4.69, 9.17) is 18.0 Å². The van der Waals surface area contributed by atoms with Crippen LogP contribution in [-0.2, 0) is 4.79 Å². The van der Waals surface area contributed by atoms with Crippen molar-refractivity contribution in [3.8, 4) is 0 Å². The third kappa shape index (κ3) is 4.18. The Morgan fingerprint density at radius 2 is 1.95 bits per heavy atom. The number of hydrogen-bond acceptors (Lipinski definition) is 3. The molecule has 0 radical (unpaired) electrons. The van der Waals surface area contributed by atoms with Crippen LogP contribution in [0.3, 0.4) is 0 Å². The number of thiocarbonyl (C=S) groups is 1. The van der Waals surface area contributed by atoms with Gasteiger partial charge in [-0.2, -0.15) is 0 Å². The molecular formula is C14H20BrN3OS. The lowest BCUT2D eigenvalue weighted by Gasteiger charge is -2.24. The van der Waals surface area contributed by atoms with Crippen LogP contribution in [0.25, 0.3) is 0 Å². The predicted octanol–water partition coefficient (Wildman–Crippen LogP) is 2.39. The summed E-state index contributed by atoms with van der Waals surface area (Å²) < 4.78 is 0.838. The van der Waals surface area contributed by atoms with Crippen molar-refractivity contribution < 1.29 is 4.79 Å². The van der Waals surface area contributed by atoms with Gasteiger partial charge in [0.2, 0.25) is 5.91 Å². The Balaban J connectivity index is 2.83. The fourth-order valence-electron chi connectivity index (χ4n) is 1.91. The topological polar surface area (TPSA) is 49.6 Å². The zero-order chi connectivity index (χ0) is 15.3. The lowest BCUT2D eigenvalue weighted by Crippen LogP contribution is -2.38. The number of nitrogens with two attached hydrogens (primary N) is 1. The van der Waals surface area contributed by atoms with Gasteiger partial charge in [-0.05, 0) is 48.0 Å². The SMILES string of the molecule is CCN(CC)C(=O)CN(C)c1ccc(C(N)=S)c(Br)c1. The van der Waals surface area contributed by atoms with Gasteiger partial charge in [0.25, 0.3) is 0 Å². The lowest BCUT2D eigenvalue weighted by atomic mass is 10.2. The highest BCUT2D eigenvalue weighted by molar-refractivity contribution is 9.10. The minimum absolute atomic E-state index is 0.118. The van der Waals surface area contributed by atoms with E-state index in [0.29, 0.717) is 11.5 Å². The van der Waals surface area contributed by atoms with Crippen molar-refractivity contribution in [1.29, 1.82) is 0 Å². The van der Waals surface area contributed by atoms with Crippen LogP contribution in [0.5, 0.6) is 0 Å². The first-order chi connectivity index (χ1) is 9.40. The summed E-state index contributed by atoms with van der Waals surface area (Å²) in [6.45, 7) is 5.77. The first kappa shape index (κ1) is 16.9. The average molecular weight is 358 g/mol. The summed E-state index contributed by atoms with van der Waals surface area (Å²) in [4.78, 5) is 16.2. The molecule has 1 amide bonds. The number of rotatable bonds is 6. The Morgan fingerprint density at radius 1 is 1.35 bits per heavy atom. The van der Waals surface area contributed by atoms with Crippen LogP contribution in [0.1, 0.15) is 19.4 Å². The van der Waals surface area contributed by atoms with Crippen LogP contribution in [0, 0.1) is 0 Å². The van der Waals surface area contributed by atoms with Crippen molar-refractivity contribution in [2.45, 2.75) is 13.8 Å². The van der Waals surface area contributed by atoms with Gasteiger partial charge in [0.15, 0.2) is 0 Å². The van der Waals surface area contributed by atoms with Crippen LogP contribution in [0.15, 0.2) is 22.7 Å². The second-order valence-electron chi connectivity index (χ2n) is 4.45. The highest BCUT2D eigenvalue weighted by atomic mass is 79.9. The van der Waals surface area contributed by atoms with Gasteiger partial charge in [-0.25, -0.2) is 0 Å². The number of hydrogen-bond donors (Lipinski definition) is 1. The van der Waals surface area contributed by atoms with Gasteiger partial charge in [0.1, 0.15) is 4.99 Å². The van der Waals surface area contributed by atoms with E-state index < -0.39 is 0 Å². The molecule has 0 aliphatic heterocycles. The lowest BCUT2D eigenvalue weighted by molar-refractivity contribution is -0.129. The van der Waals surface area contributed by atoms with Gasteiger partial charge in [0.05, 0.1) is 6.54 Å². The molecule has 4 nitrogen and oxygen atoms in total. The van der Waals surface area contributed by atoms with Gasteiger partial charge in [0, 0.05) is 35.9 Å². The summed E-state index contributed by atoms with van der Waals surface area (Å²) in [6.07, 6.45) is 0. The molecule has 110 valence electrons. The molecule has 6 heteroatoms. The third-order valence-corrected chi connectivity index (χ3v) is 4.02.